The maximum Gasteiger partial charge on any atom is 0.247 e. The molecular formula is C15H15ClFN5O2S. The van der Waals surface area contributed by atoms with Crippen molar-refractivity contribution in [3.63, 3.8) is 0 Å². The minimum absolute atomic E-state index is 0.0914. The summed E-state index contributed by atoms with van der Waals surface area (Å²) in [4.78, 5) is 4.22. The highest BCUT2D eigenvalue weighted by molar-refractivity contribution is 7.80. The molecule has 1 atom stereocenters. The van der Waals surface area contributed by atoms with E-state index in [-0.39, 0.29) is 17.3 Å². The maximum atomic E-state index is 14.0. The maximum absolute atomic E-state index is 14.0. The summed E-state index contributed by atoms with van der Waals surface area (Å²) in [5, 5.41) is 11.8. The molecule has 2 aromatic heterocycles. The highest BCUT2D eigenvalue weighted by Gasteiger charge is 2.25. The highest BCUT2D eigenvalue weighted by atomic mass is 35.5. The number of aromatic nitrogens is 5. The van der Waals surface area contributed by atoms with E-state index in [0.717, 1.165) is 0 Å². The van der Waals surface area contributed by atoms with Gasteiger partial charge in [0.2, 0.25) is 11.7 Å². The predicted molar refractivity (Wildman–Crippen MR) is 91.9 cm³/mol. The molecule has 3 rings (SSSR count). The van der Waals surface area contributed by atoms with Crippen LogP contribution in [0.15, 0.2) is 22.7 Å². The molecule has 25 heavy (non-hydrogen) atoms. The van der Waals surface area contributed by atoms with Gasteiger partial charge in [0.15, 0.2) is 11.6 Å². The molecule has 0 aliphatic heterocycles. The first-order valence-corrected chi connectivity index (χ1v) is 8.32. The number of benzene rings is 1. The van der Waals surface area contributed by atoms with Gasteiger partial charge in [-0.15, -0.1) is 10.2 Å². The molecule has 0 saturated heterocycles. The predicted octanol–water partition coefficient (Wildman–Crippen LogP) is 3.31. The van der Waals surface area contributed by atoms with Crippen molar-refractivity contribution in [1.82, 2.24) is 24.9 Å². The van der Waals surface area contributed by atoms with Gasteiger partial charge in [-0.1, -0.05) is 16.8 Å². The first kappa shape index (κ1) is 17.8. The van der Waals surface area contributed by atoms with Crippen LogP contribution in [0.3, 0.4) is 0 Å². The number of thiol groups is 1. The lowest BCUT2D eigenvalue weighted by molar-refractivity contribution is 0.174. The van der Waals surface area contributed by atoms with E-state index in [2.05, 4.69) is 33.0 Å². The number of hydrogen-bond acceptors (Lipinski definition) is 7. The Kier molecular flexibility index (Phi) is 5.36. The van der Waals surface area contributed by atoms with E-state index >= 15 is 0 Å². The Morgan fingerprint density at radius 2 is 2.20 bits per heavy atom. The van der Waals surface area contributed by atoms with Gasteiger partial charge in [-0.05, 0) is 25.1 Å². The van der Waals surface area contributed by atoms with Gasteiger partial charge in [0.05, 0.1) is 5.56 Å². The molecule has 1 unspecified atom stereocenters. The minimum atomic E-state index is -0.610. The SMILES string of the molecule is CCn1c(COC)nnc1C(S)c1nc(-c2cc(Cl)ccc2F)no1. The Morgan fingerprint density at radius 3 is 2.92 bits per heavy atom. The first-order chi connectivity index (χ1) is 12.0. The summed E-state index contributed by atoms with van der Waals surface area (Å²) < 4.78 is 26.1. The Labute approximate surface area is 153 Å². The van der Waals surface area contributed by atoms with E-state index in [0.29, 0.717) is 29.8 Å². The average Bonchev–Trinajstić information content (AvgIpc) is 3.24. The van der Waals surface area contributed by atoms with Crippen molar-refractivity contribution in [2.75, 3.05) is 7.11 Å². The number of halogens is 2. The van der Waals surface area contributed by atoms with Crippen molar-refractivity contribution in [1.29, 1.82) is 0 Å². The Balaban J connectivity index is 1.93. The van der Waals surface area contributed by atoms with E-state index in [1.807, 2.05) is 11.5 Å². The Hall–Kier alpha value is -1.97. The summed E-state index contributed by atoms with van der Waals surface area (Å²) in [6.45, 7) is 2.90. The lowest BCUT2D eigenvalue weighted by Crippen LogP contribution is -2.09. The fraction of sp³-hybridized carbons (Fsp3) is 0.333. The largest absolute Gasteiger partial charge is 0.377 e. The summed E-state index contributed by atoms with van der Waals surface area (Å²) in [6.07, 6.45) is 0. The van der Waals surface area contributed by atoms with Crippen molar-refractivity contribution in [2.24, 2.45) is 0 Å². The van der Waals surface area contributed by atoms with Crippen LogP contribution in [-0.4, -0.2) is 32.0 Å². The van der Waals surface area contributed by atoms with Crippen LogP contribution in [0.2, 0.25) is 5.02 Å². The zero-order valence-electron chi connectivity index (χ0n) is 13.5. The first-order valence-electron chi connectivity index (χ1n) is 7.43. The fourth-order valence-corrected chi connectivity index (χ4v) is 2.83. The van der Waals surface area contributed by atoms with Crippen molar-refractivity contribution in [3.05, 3.63) is 46.6 Å². The number of hydrogen-bond donors (Lipinski definition) is 1. The molecule has 3 aromatic rings. The second-order valence-electron chi connectivity index (χ2n) is 5.13. The molecule has 1 aromatic carbocycles. The number of ether oxygens (including phenoxy) is 1. The summed E-state index contributed by atoms with van der Waals surface area (Å²) in [5.41, 5.74) is 0.153. The van der Waals surface area contributed by atoms with Crippen molar-refractivity contribution in [3.8, 4) is 11.4 Å². The zero-order chi connectivity index (χ0) is 18.0. The molecule has 10 heteroatoms. The molecule has 0 amide bonds. The molecule has 0 radical (unpaired) electrons. The van der Waals surface area contributed by atoms with Crippen molar-refractivity contribution < 1.29 is 13.7 Å². The van der Waals surface area contributed by atoms with Crippen LogP contribution >= 0.6 is 24.2 Å². The van der Waals surface area contributed by atoms with Crippen molar-refractivity contribution in [2.45, 2.75) is 25.3 Å². The van der Waals surface area contributed by atoms with Gasteiger partial charge in [0.1, 0.15) is 17.7 Å². The third-order valence-electron chi connectivity index (χ3n) is 3.54. The van der Waals surface area contributed by atoms with Gasteiger partial charge >= 0.3 is 0 Å². The molecule has 0 aliphatic carbocycles. The van der Waals surface area contributed by atoms with Crippen LogP contribution in [0.5, 0.6) is 0 Å². The second-order valence-corrected chi connectivity index (χ2v) is 6.09. The van der Waals surface area contributed by atoms with Crippen molar-refractivity contribution >= 4 is 24.2 Å². The normalized spacial score (nSPS) is 12.5. The third kappa shape index (κ3) is 3.53. The van der Waals surface area contributed by atoms with Crippen LogP contribution in [0.1, 0.15) is 29.7 Å². The van der Waals surface area contributed by atoms with Crippen LogP contribution in [0.25, 0.3) is 11.4 Å². The van der Waals surface area contributed by atoms with Gasteiger partial charge in [0.25, 0.3) is 0 Å². The van der Waals surface area contributed by atoms with Gasteiger partial charge in [0, 0.05) is 18.7 Å². The topological polar surface area (TPSA) is 78.9 Å². The molecule has 0 bridgehead atoms. The summed E-state index contributed by atoms with van der Waals surface area (Å²) >= 11 is 10.4. The fourth-order valence-electron chi connectivity index (χ4n) is 2.37. The summed E-state index contributed by atoms with van der Waals surface area (Å²) in [6, 6.07) is 4.13. The van der Waals surface area contributed by atoms with Gasteiger partial charge < -0.3 is 13.8 Å². The lowest BCUT2D eigenvalue weighted by atomic mass is 10.2. The highest BCUT2D eigenvalue weighted by Crippen LogP contribution is 2.29. The molecule has 0 aliphatic rings. The van der Waals surface area contributed by atoms with E-state index in [9.17, 15) is 4.39 Å². The zero-order valence-corrected chi connectivity index (χ0v) is 15.1. The molecule has 0 spiro atoms. The molecule has 0 fully saturated rings. The molecule has 0 saturated carbocycles. The van der Waals surface area contributed by atoms with Gasteiger partial charge in [-0.25, -0.2) is 4.39 Å². The number of nitrogens with zero attached hydrogens (tertiary/aromatic N) is 5. The van der Waals surface area contributed by atoms with Crippen LogP contribution < -0.4 is 0 Å². The van der Waals surface area contributed by atoms with Crippen LogP contribution in [0, 0.1) is 5.82 Å². The van der Waals surface area contributed by atoms with E-state index in [1.165, 1.54) is 18.2 Å². The second kappa shape index (κ2) is 7.51. The molecule has 0 N–H and O–H groups in total. The van der Waals surface area contributed by atoms with E-state index in [1.54, 1.807) is 7.11 Å². The summed E-state index contributed by atoms with van der Waals surface area (Å²) in [5.74, 6) is 0.989. The van der Waals surface area contributed by atoms with Gasteiger partial charge in [-0.2, -0.15) is 17.6 Å². The molecule has 7 nitrogen and oxygen atoms in total. The smallest absolute Gasteiger partial charge is 0.247 e. The lowest BCUT2D eigenvalue weighted by Gasteiger charge is -2.09. The van der Waals surface area contributed by atoms with Crippen LogP contribution in [-0.2, 0) is 17.9 Å². The van der Waals surface area contributed by atoms with E-state index in [4.69, 9.17) is 20.9 Å². The number of methoxy groups -OCH3 is 1. The van der Waals surface area contributed by atoms with E-state index < -0.39 is 11.1 Å². The van der Waals surface area contributed by atoms with Crippen LogP contribution in [0.4, 0.5) is 4.39 Å². The monoisotopic (exact) mass is 383 g/mol. The number of rotatable bonds is 6. The molecular weight excluding hydrogens is 369 g/mol. The average molecular weight is 384 g/mol. The Bertz CT molecular complexity index is 885. The quantitative estimate of drug-likeness (QED) is 0.658. The summed E-state index contributed by atoms with van der Waals surface area (Å²) in [7, 11) is 1.58. The van der Waals surface area contributed by atoms with Gasteiger partial charge in [-0.3, -0.25) is 0 Å². The molecule has 2 heterocycles. The minimum Gasteiger partial charge on any atom is -0.377 e. The Morgan fingerprint density at radius 1 is 1.40 bits per heavy atom. The molecule has 132 valence electrons. The third-order valence-corrected chi connectivity index (χ3v) is 4.22. The standard InChI is InChI=1S/C15H15ClFN5O2S/c1-3-22-11(7-23-2)19-20-14(22)12(25)15-18-13(21-24-15)9-6-8(16)4-5-10(9)17/h4-6,12,25H,3,7H2,1-2H3.